The molecule has 0 fully saturated rings. The van der Waals surface area contributed by atoms with Crippen LogP contribution < -0.4 is 0 Å². The standard InChI is InChI=1S/C25H28F3N7O/c1-2-3-10-33(13-21-14-34(32-31-21)12-19-6-4-5-7-23(19)27)15-25(36,16-35-18-29-17-30-35)22-9-8-20(26)11-24(22)28/h4-9,11,14,17-18,36H,2-3,10,12-13,15-16H2,1H3. The third-order valence-electron chi connectivity index (χ3n) is 5.90. The van der Waals surface area contributed by atoms with Crippen LogP contribution in [0.15, 0.2) is 61.3 Å². The second-order valence-corrected chi connectivity index (χ2v) is 8.81. The lowest BCUT2D eigenvalue weighted by atomic mass is 9.92. The van der Waals surface area contributed by atoms with E-state index in [4.69, 9.17) is 0 Å². The Morgan fingerprint density at radius 1 is 1.06 bits per heavy atom. The summed E-state index contributed by atoms with van der Waals surface area (Å²) in [6, 6.07) is 9.59. The van der Waals surface area contributed by atoms with E-state index in [1.807, 2.05) is 11.8 Å². The van der Waals surface area contributed by atoms with E-state index < -0.39 is 17.2 Å². The molecule has 0 amide bonds. The highest BCUT2D eigenvalue weighted by molar-refractivity contribution is 5.26. The van der Waals surface area contributed by atoms with Crippen LogP contribution in [0.25, 0.3) is 0 Å². The lowest BCUT2D eigenvalue weighted by Crippen LogP contribution is -2.45. The van der Waals surface area contributed by atoms with E-state index in [0.29, 0.717) is 24.3 Å². The van der Waals surface area contributed by atoms with Gasteiger partial charge in [0.15, 0.2) is 0 Å². The van der Waals surface area contributed by atoms with E-state index in [2.05, 4.69) is 20.4 Å². The van der Waals surface area contributed by atoms with Crippen molar-refractivity contribution in [3.05, 3.63) is 95.6 Å². The van der Waals surface area contributed by atoms with Crippen molar-refractivity contribution >= 4 is 0 Å². The van der Waals surface area contributed by atoms with Crippen LogP contribution in [0.5, 0.6) is 0 Å². The van der Waals surface area contributed by atoms with Crippen molar-refractivity contribution in [2.45, 2.75) is 45.0 Å². The van der Waals surface area contributed by atoms with Crippen molar-refractivity contribution in [1.29, 1.82) is 0 Å². The molecule has 2 aromatic heterocycles. The molecule has 0 saturated carbocycles. The predicted molar refractivity (Wildman–Crippen MR) is 126 cm³/mol. The summed E-state index contributed by atoms with van der Waals surface area (Å²) in [5.74, 6) is -1.89. The zero-order valence-corrected chi connectivity index (χ0v) is 19.9. The number of hydrogen-bond acceptors (Lipinski definition) is 6. The summed E-state index contributed by atoms with van der Waals surface area (Å²) in [5.41, 5.74) is -0.664. The predicted octanol–water partition coefficient (Wildman–Crippen LogP) is 3.53. The molecule has 0 radical (unpaired) electrons. The number of aromatic nitrogens is 6. The van der Waals surface area contributed by atoms with Gasteiger partial charge >= 0.3 is 0 Å². The third-order valence-corrected chi connectivity index (χ3v) is 5.90. The number of halogens is 3. The summed E-state index contributed by atoms with van der Waals surface area (Å²) in [7, 11) is 0. The molecule has 0 aliphatic heterocycles. The average Bonchev–Trinajstić information content (AvgIpc) is 3.51. The van der Waals surface area contributed by atoms with Crippen LogP contribution in [0.4, 0.5) is 13.2 Å². The monoisotopic (exact) mass is 499 g/mol. The topological polar surface area (TPSA) is 84.9 Å². The van der Waals surface area contributed by atoms with Gasteiger partial charge in [-0.05, 0) is 25.1 Å². The van der Waals surface area contributed by atoms with Crippen LogP contribution in [0.3, 0.4) is 0 Å². The first-order valence-electron chi connectivity index (χ1n) is 11.7. The number of rotatable bonds is 12. The molecule has 190 valence electrons. The molecule has 2 heterocycles. The first-order chi connectivity index (χ1) is 17.4. The van der Waals surface area contributed by atoms with E-state index in [0.717, 1.165) is 25.0 Å². The molecule has 4 rings (SSSR count). The molecule has 4 aromatic rings. The lowest BCUT2D eigenvalue weighted by molar-refractivity contribution is -0.0242. The fraction of sp³-hybridized carbons (Fsp3) is 0.360. The maximum absolute atomic E-state index is 14.8. The Kier molecular flexibility index (Phi) is 8.11. The molecule has 0 aliphatic rings. The largest absolute Gasteiger partial charge is 0.382 e. The number of nitrogens with zero attached hydrogens (tertiary/aromatic N) is 7. The molecule has 0 saturated heterocycles. The van der Waals surface area contributed by atoms with E-state index in [1.54, 1.807) is 29.1 Å². The molecule has 1 atom stereocenters. The molecule has 8 nitrogen and oxygen atoms in total. The lowest BCUT2D eigenvalue weighted by Gasteiger charge is -2.34. The minimum absolute atomic E-state index is 0.0234. The van der Waals surface area contributed by atoms with Crippen molar-refractivity contribution < 1.29 is 18.3 Å². The third kappa shape index (κ3) is 6.35. The maximum Gasteiger partial charge on any atom is 0.137 e. The van der Waals surface area contributed by atoms with Gasteiger partial charge in [0, 0.05) is 30.3 Å². The van der Waals surface area contributed by atoms with Crippen molar-refractivity contribution in [2.75, 3.05) is 13.1 Å². The van der Waals surface area contributed by atoms with Gasteiger partial charge in [0.2, 0.25) is 0 Å². The Labute approximate surface area is 207 Å². The molecule has 36 heavy (non-hydrogen) atoms. The average molecular weight is 500 g/mol. The fourth-order valence-electron chi connectivity index (χ4n) is 4.15. The van der Waals surface area contributed by atoms with Crippen LogP contribution in [-0.4, -0.2) is 52.9 Å². The smallest absolute Gasteiger partial charge is 0.137 e. The van der Waals surface area contributed by atoms with Gasteiger partial charge in [-0.25, -0.2) is 27.5 Å². The molecular weight excluding hydrogens is 471 g/mol. The summed E-state index contributed by atoms with van der Waals surface area (Å²) in [5, 5.41) is 24.1. The molecule has 0 spiro atoms. The molecular formula is C25H28F3N7O. The zero-order valence-electron chi connectivity index (χ0n) is 19.9. The van der Waals surface area contributed by atoms with Crippen molar-refractivity contribution in [3.8, 4) is 0 Å². The van der Waals surface area contributed by atoms with Crippen molar-refractivity contribution in [3.63, 3.8) is 0 Å². The molecule has 1 N–H and O–H groups in total. The minimum Gasteiger partial charge on any atom is -0.382 e. The highest BCUT2D eigenvalue weighted by atomic mass is 19.1. The summed E-state index contributed by atoms with van der Waals surface area (Å²) < 4.78 is 45.4. The van der Waals surface area contributed by atoms with E-state index in [-0.39, 0.29) is 31.0 Å². The second kappa shape index (κ2) is 11.4. The quantitative estimate of drug-likeness (QED) is 0.321. The van der Waals surface area contributed by atoms with Gasteiger partial charge in [0.25, 0.3) is 0 Å². The van der Waals surface area contributed by atoms with Crippen LogP contribution >= 0.6 is 0 Å². The maximum atomic E-state index is 14.8. The summed E-state index contributed by atoms with van der Waals surface area (Å²) in [6.07, 6.45) is 6.21. The highest BCUT2D eigenvalue weighted by Crippen LogP contribution is 2.28. The highest BCUT2D eigenvalue weighted by Gasteiger charge is 2.35. The molecule has 2 aromatic carbocycles. The first kappa shape index (κ1) is 25.5. The summed E-state index contributed by atoms with van der Waals surface area (Å²) in [4.78, 5) is 5.85. The van der Waals surface area contributed by atoms with Crippen LogP contribution in [0.1, 0.15) is 36.6 Å². The van der Waals surface area contributed by atoms with Gasteiger partial charge in [-0.15, -0.1) is 5.10 Å². The van der Waals surface area contributed by atoms with Gasteiger partial charge in [-0.3, -0.25) is 4.90 Å². The molecule has 0 aliphatic carbocycles. The molecule has 0 bridgehead atoms. The number of unbranched alkanes of at least 4 members (excludes halogenated alkanes) is 1. The van der Waals surface area contributed by atoms with Crippen LogP contribution in [0.2, 0.25) is 0 Å². The number of aliphatic hydroxyl groups is 1. The van der Waals surface area contributed by atoms with Gasteiger partial charge in [-0.1, -0.05) is 42.8 Å². The van der Waals surface area contributed by atoms with E-state index in [1.165, 1.54) is 29.5 Å². The van der Waals surface area contributed by atoms with Crippen LogP contribution in [0, 0.1) is 17.5 Å². The fourth-order valence-corrected chi connectivity index (χ4v) is 4.15. The molecule has 11 heteroatoms. The summed E-state index contributed by atoms with van der Waals surface area (Å²) in [6.45, 7) is 3.13. The summed E-state index contributed by atoms with van der Waals surface area (Å²) >= 11 is 0. The zero-order chi connectivity index (χ0) is 25.5. The normalized spacial score (nSPS) is 13.3. The van der Waals surface area contributed by atoms with Gasteiger partial charge < -0.3 is 5.11 Å². The minimum atomic E-state index is -1.73. The Morgan fingerprint density at radius 2 is 1.89 bits per heavy atom. The van der Waals surface area contributed by atoms with Gasteiger partial charge in [0.05, 0.1) is 25.0 Å². The second-order valence-electron chi connectivity index (χ2n) is 8.81. The van der Waals surface area contributed by atoms with E-state index in [9.17, 15) is 18.3 Å². The first-order valence-corrected chi connectivity index (χ1v) is 11.7. The van der Waals surface area contributed by atoms with E-state index >= 15 is 0 Å². The van der Waals surface area contributed by atoms with Crippen LogP contribution in [-0.2, 0) is 25.2 Å². The Bertz CT molecular complexity index is 1260. The van der Waals surface area contributed by atoms with Gasteiger partial charge in [0.1, 0.15) is 35.7 Å². The van der Waals surface area contributed by atoms with Crippen molar-refractivity contribution in [1.82, 2.24) is 34.7 Å². The number of hydrogen-bond donors (Lipinski definition) is 1. The number of benzene rings is 2. The Balaban J connectivity index is 1.57. The molecule has 1 unspecified atom stereocenters. The SMILES string of the molecule is CCCCN(Cc1cn(Cc2ccccc2F)nn1)CC(O)(Cn1cncn1)c1ccc(F)cc1F. The Hall–Kier alpha value is -3.57. The Morgan fingerprint density at radius 3 is 2.61 bits per heavy atom. The van der Waals surface area contributed by atoms with Gasteiger partial charge in [-0.2, -0.15) is 5.10 Å². The van der Waals surface area contributed by atoms with Crippen molar-refractivity contribution in [2.24, 2.45) is 0 Å².